The number of nitro benzene ring substituents is 1. The molecule has 0 atom stereocenters. The standard InChI is InChI=1S/C11H14N2O4S/c1-17-10(14)5-6-18-7-8-3-2-4-9(11(8)12)13(15)16/h2-4H,5-7,12H2,1H3. The fraction of sp³-hybridized carbons (Fsp3) is 0.364. The van der Waals surface area contributed by atoms with Crippen molar-refractivity contribution in [2.24, 2.45) is 0 Å². The van der Waals surface area contributed by atoms with Crippen molar-refractivity contribution < 1.29 is 14.5 Å². The Kier molecular flexibility index (Phi) is 5.44. The number of esters is 1. The lowest BCUT2D eigenvalue weighted by molar-refractivity contribution is -0.383. The molecule has 1 aromatic carbocycles. The number of rotatable bonds is 6. The van der Waals surface area contributed by atoms with Crippen LogP contribution in [0.1, 0.15) is 12.0 Å². The molecule has 0 saturated heterocycles. The third-order valence-corrected chi connectivity index (χ3v) is 3.31. The maximum atomic E-state index is 10.9. The van der Waals surface area contributed by atoms with Gasteiger partial charge in [-0.15, -0.1) is 0 Å². The lowest BCUT2D eigenvalue weighted by Crippen LogP contribution is -2.02. The SMILES string of the molecule is COC(=O)CCSCc1cccc([N+](=O)[O-])c1N. The van der Waals surface area contributed by atoms with E-state index < -0.39 is 4.92 Å². The van der Waals surface area contributed by atoms with Gasteiger partial charge in [-0.25, -0.2) is 0 Å². The number of para-hydroxylation sites is 1. The molecular formula is C11H14N2O4S. The monoisotopic (exact) mass is 270 g/mol. The number of ether oxygens (including phenoxy) is 1. The molecule has 6 nitrogen and oxygen atoms in total. The second kappa shape index (κ2) is 6.85. The summed E-state index contributed by atoms with van der Waals surface area (Å²) >= 11 is 1.48. The number of carbonyl (C=O) groups is 1. The fourth-order valence-electron chi connectivity index (χ4n) is 1.32. The lowest BCUT2D eigenvalue weighted by Gasteiger charge is -2.05. The number of nitrogens with two attached hydrogens (primary N) is 1. The number of methoxy groups -OCH3 is 1. The Morgan fingerprint density at radius 1 is 1.56 bits per heavy atom. The van der Waals surface area contributed by atoms with Crippen molar-refractivity contribution >= 4 is 29.1 Å². The molecule has 0 heterocycles. The normalized spacial score (nSPS) is 10.1. The topological polar surface area (TPSA) is 95.5 Å². The van der Waals surface area contributed by atoms with Crippen molar-refractivity contribution in [1.29, 1.82) is 0 Å². The van der Waals surface area contributed by atoms with Gasteiger partial charge in [0.2, 0.25) is 0 Å². The summed E-state index contributed by atoms with van der Waals surface area (Å²) < 4.78 is 4.51. The van der Waals surface area contributed by atoms with Gasteiger partial charge in [-0.1, -0.05) is 12.1 Å². The van der Waals surface area contributed by atoms with Gasteiger partial charge in [0.25, 0.3) is 5.69 Å². The van der Waals surface area contributed by atoms with Crippen LogP contribution >= 0.6 is 11.8 Å². The molecule has 0 aliphatic carbocycles. The summed E-state index contributed by atoms with van der Waals surface area (Å²) in [4.78, 5) is 21.1. The number of thioether (sulfide) groups is 1. The van der Waals surface area contributed by atoms with Crippen LogP contribution < -0.4 is 5.73 Å². The second-order valence-corrected chi connectivity index (χ2v) is 4.59. The number of anilines is 1. The van der Waals surface area contributed by atoms with E-state index in [1.807, 2.05) is 0 Å². The van der Waals surface area contributed by atoms with E-state index in [1.54, 1.807) is 12.1 Å². The molecule has 0 aliphatic heterocycles. The van der Waals surface area contributed by atoms with Crippen molar-refractivity contribution in [2.75, 3.05) is 18.6 Å². The Labute approximate surface area is 109 Å². The van der Waals surface area contributed by atoms with Gasteiger partial charge < -0.3 is 10.5 Å². The van der Waals surface area contributed by atoms with E-state index in [9.17, 15) is 14.9 Å². The number of nitrogens with zero attached hydrogens (tertiary/aromatic N) is 1. The molecule has 0 fully saturated rings. The molecule has 0 saturated carbocycles. The number of benzene rings is 1. The van der Waals surface area contributed by atoms with Crippen molar-refractivity contribution in [3.63, 3.8) is 0 Å². The Bertz CT molecular complexity index is 451. The van der Waals surface area contributed by atoms with Crippen molar-refractivity contribution in [2.45, 2.75) is 12.2 Å². The molecule has 18 heavy (non-hydrogen) atoms. The molecule has 0 radical (unpaired) electrons. The maximum Gasteiger partial charge on any atom is 0.306 e. The van der Waals surface area contributed by atoms with Gasteiger partial charge in [0, 0.05) is 17.6 Å². The number of nitrogen functional groups attached to an aromatic ring is 1. The van der Waals surface area contributed by atoms with E-state index in [-0.39, 0.29) is 17.3 Å². The van der Waals surface area contributed by atoms with Gasteiger partial charge in [0.05, 0.1) is 18.5 Å². The summed E-state index contributed by atoms with van der Waals surface area (Å²) in [6.07, 6.45) is 0.315. The van der Waals surface area contributed by atoms with Crippen LogP contribution in [0.4, 0.5) is 11.4 Å². The van der Waals surface area contributed by atoms with Crippen LogP contribution in [-0.2, 0) is 15.3 Å². The largest absolute Gasteiger partial charge is 0.469 e. The Morgan fingerprint density at radius 3 is 2.89 bits per heavy atom. The van der Waals surface area contributed by atoms with Gasteiger partial charge in [0.15, 0.2) is 0 Å². The minimum atomic E-state index is -0.502. The lowest BCUT2D eigenvalue weighted by atomic mass is 10.2. The third-order valence-electron chi connectivity index (χ3n) is 2.31. The molecule has 0 unspecified atom stereocenters. The number of hydrogen-bond acceptors (Lipinski definition) is 6. The van der Waals surface area contributed by atoms with Crippen molar-refractivity contribution in [3.8, 4) is 0 Å². The minimum Gasteiger partial charge on any atom is -0.469 e. The molecular weight excluding hydrogens is 256 g/mol. The predicted octanol–water partition coefficient (Wildman–Crippen LogP) is 1.97. The van der Waals surface area contributed by atoms with E-state index in [1.165, 1.54) is 24.9 Å². The highest BCUT2D eigenvalue weighted by molar-refractivity contribution is 7.98. The Morgan fingerprint density at radius 2 is 2.28 bits per heavy atom. The fourth-order valence-corrected chi connectivity index (χ4v) is 2.25. The Hall–Kier alpha value is -1.76. The number of nitro groups is 1. The predicted molar refractivity (Wildman–Crippen MR) is 70.3 cm³/mol. The molecule has 0 aromatic heterocycles. The molecule has 98 valence electrons. The van der Waals surface area contributed by atoms with E-state index in [2.05, 4.69) is 4.74 Å². The zero-order chi connectivity index (χ0) is 13.5. The van der Waals surface area contributed by atoms with Gasteiger partial charge >= 0.3 is 5.97 Å². The molecule has 0 bridgehead atoms. The van der Waals surface area contributed by atoms with Gasteiger partial charge in [-0.2, -0.15) is 11.8 Å². The van der Waals surface area contributed by atoms with Crippen LogP contribution in [0.3, 0.4) is 0 Å². The zero-order valence-corrected chi connectivity index (χ0v) is 10.7. The molecule has 0 amide bonds. The maximum absolute atomic E-state index is 10.9. The van der Waals surface area contributed by atoms with Gasteiger partial charge in [0.1, 0.15) is 5.69 Å². The first-order valence-corrected chi connectivity index (χ1v) is 6.38. The molecule has 1 aromatic rings. The third kappa shape index (κ3) is 3.92. The van der Waals surface area contributed by atoms with Crippen LogP contribution in [0, 0.1) is 10.1 Å². The molecule has 7 heteroatoms. The number of carbonyl (C=O) groups excluding carboxylic acids is 1. The first-order valence-electron chi connectivity index (χ1n) is 5.22. The van der Waals surface area contributed by atoms with Crippen LogP contribution in [0.5, 0.6) is 0 Å². The minimum absolute atomic E-state index is 0.0823. The summed E-state index contributed by atoms with van der Waals surface area (Å²) in [6.45, 7) is 0. The van der Waals surface area contributed by atoms with Crippen LogP contribution in [0.2, 0.25) is 0 Å². The number of hydrogen-bond donors (Lipinski definition) is 1. The van der Waals surface area contributed by atoms with Crippen molar-refractivity contribution in [3.05, 3.63) is 33.9 Å². The van der Waals surface area contributed by atoms with E-state index >= 15 is 0 Å². The highest BCUT2D eigenvalue weighted by Gasteiger charge is 2.13. The average molecular weight is 270 g/mol. The molecule has 0 aliphatic rings. The second-order valence-electron chi connectivity index (χ2n) is 3.49. The first kappa shape index (κ1) is 14.3. The summed E-state index contributed by atoms with van der Waals surface area (Å²) in [6, 6.07) is 4.72. The van der Waals surface area contributed by atoms with Gasteiger partial charge in [-0.3, -0.25) is 14.9 Å². The summed E-state index contributed by atoms with van der Waals surface area (Å²) in [5.41, 5.74) is 6.52. The smallest absolute Gasteiger partial charge is 0.306 e. The summed E-state index contributed by atoms with van der Waals surface area (Å²) in [5, 5.41) is 10.7. The Balaban J connectivity index is 2.55. The van der Waals surface area contributed by atoms with Crippen molar-refractivity contribution in [1.82, 2.24) is 0 Å². The highest BCUT2D eigenvalue weighted by atomic mass is 32.2. The van der Waals surface area contributed by atoms with Crippen LogP contribution in [0.15, 0.2) is 18.2 Å². The molecule has 0 spiro atoms. The van der Waals surface area contributed by atoms with Crippen LogP contribution in [0.25, 0.3) is 0 Å². The van der Waals surface area contributed by atoms with E-state index in [0.29, 0.717) is 23.5 Å². The van der Waals surface area contributed by atoms with E-state index in [0.717, 1.165) is 0 Å². The van der Waals surface area contributed by atoms with Crippen LogP contribution in [-0.4, -0.2) is 23.8 Å². The van der Waals surface area contributed by atoms with Gasteiger partial charge in [-0.05, 0) is 5.56 Å². The summed E-state index contributed by atoms with van der Waals surface area (Å²) in [5.74, 6) is 0.855. The molecule has 2 N–H and O–H groups in total. The first-order chi connectivity index (χ1) is 8.56. The average Bonchev–Trinajstić information content (AvgIpc) is 2.35. The molecule has 1 rings (SSSR count). The quantitative estimate of drug-likeness (QED) is 0.279. The highest BCUT2D eigenvalue weighted by Crippen LogP contribution is 2.27. The zero-order valence-electron chi connectivity index (χ0n) is 9.92. The van der Waals surface area contributed by atoms with E-state index in [4.69, 9.17) is 5.73 Å². The summed E-state index contributed by atoms with van der Waals surface area (Å²) in [7, 11) is 1.34.